The van der Waals surface area contributed by atoms with E-state index >= 15 is 0 Å². The third-order valence-corrected chi connectivity index (χ3v) is 3.93. The normalized spacial score (nSPS) is 18.7. The summed E-state index contributed by atoms with van der Waals surface area (Å²) in [5.74, 6) is -0.198. The van der Waals surface area contributed by atoms with Gasteiger partial charge < -0.3 is 10.6 Å². The highest BCUT2D eigenvalue weighted by Crippen LogP contribution is 2.24. The molecule has 0 saturated carbocycles. The summed E-state index contributed by atoms with van der Waals surface area (Å²) >= 11 is 0. The fraction of sp³-hybridized carbons (Fsp3) is 0.562. The number of halogens is 2. The van der Waals surface area contributed by atoms with Crippen molar-refractivity contribution in [2.45, 2.75) is 44.6 Å². The Morgan fingerprint density at radius 3 is 2.71 bits per heavy atom. The number of benzene rings is 1. The first kappa shape index (κ1) is 17.9. The lowest BCUT2D eigenvalue weighted by atomic mass is 9.84. The fourth-order valence-electron chi connectivity index (χ4n) is 2.61. The highest BCUT2D eigenvalue weighted by atomic mass is 35.5. The molecule has 5 heteroatoms. The number of carbonyl (C=O) groups excluding carboxylic acids is 1. The van der Waals surface area contributed by atoms with E-state index in [0.29, 0.717) is 12.1 Å². The molecule has 118 valence electrons. The monoisotopic (exact) mass is 314 g/mol. The second-order valence-electron chi connectivity index (χ2n) is 6.08. The molecule has 0 spiro atoms. The number of amides is 1. The molecule has 1 unspecified atom stereocenters. The van der Waals surface area contributed by atoms with E-state index in [4.69, 9.17) is 0 Å². The number of carbonyl (C=O) groups is 1. The van der Waals surface area contributed by atoms with E-state index < -0.39 is 5.41 Å². The van der Waals surface area contributed by atoms with Crippen LogP contribution in [0.1, 0.15) is 38.7 Å². The highest BCUT2D eigenvalue weighted by molar-refractivity contribution is 5.85. The second kappa shape index (κ2) is 7.76. The summed E-state index contributed by atoms with van der Waals surface area (Å²) in [4.78, 5) is 12.1. The largest absolute Gasteiger partial charge is 0.354 e. The smallest absolute Gasteiger partial charge is 0.237 e. The standard InChI is InChI=1S/C16H23FN2O.ClH/c1-16(2,12-7-3-4-8-13(12)17)11-19-15(20)14-9-5-6-10-18-14;/h3-4,7-8,14,18H,5-6,9-11H2,1-2H3,(H,19,20);1H. The zero-order valence-electron chi connectivity index (χ0n) is 12.6. The van der Waals surface area contributed by atoms with Gasteiger partial charge in [-0.2, -0.15) is 0 Å². The van der Waals surface area contributed by atoms with Gasteiger partial charge in [0.1, 0.15) is 5.82 Å². The Hall–Kier alpha value is -1.13. The van der Waals surface area contributed by atoms with Gasteiger partial charge >= 0.3 is 0 Å². The maximum atomic E-state index is 13.8. The van der Waals surface area contributed by atoms with Crippen LogP contribution in [-0.4, -0.2) is 25.0 Å². The third-order valence-electron chi connectivity index (χ3n) is 3.93. The van der Waals surface area contributed by atoms with Gasteiger partial charge in [-0.25, -0.2) is 4.39 Å². The molecule has 1 fully saturated rings. The Bertz CT molecular complexity index is 473. The van der Waals surface area contributed by atoms with Gasteiger partial charge in [-0.3, -0.25) is 4.79 Å². The van der Waals surface area contributed by atoms with Gasteiger partial charge in [0.2, 0.25) is 5.91 Å². The molecule has 1 aromatic rings. The van der Waals surface area contributed by atoms with Crippen LogP contribution >= 0.6 is 12.4 Å². The number of hydrogen-bond donors (Lipinski definition) is 2. The summed E-state index contributed by atoms with van der Waals surface area (Å²) in [5.41, 5.74) is 0.215. The first-order valence-corrected chi connectivity index (χ1v) is 7.27. The van der Waals surface area contributed by atoms with E-state index in [9.17, 15) is 9.18 Å². The second-order valence-corrected chi connectivity index (χ2v) is 6.08. The molecule has 0 aliphatic carbocycles. The summed E-state index contributed by atoms with van der Waals surface area (Å²) in [6, 6.07) is 6.65. The average Bonchev–Trinajstić information content (AvgIpc) is 2.46. The predicted octanol–water partition coefficient (Wildman–Crippen LogP) is 2.78. The van der Waals surface area contributed by atoms with Gasteiger partial charge in [-0.05, 0) is 31.0 Å². The van der Waals surface area contributed by atoms with Crippen LogP contribution in [0.3, 0.4) is 0 Å². The molecule has 3 nitrogen and oxygen atoms in total. The van der Waals surface area contributed by atoms with Crippen LogP contribution in [0.2, 0.25) is 0 Å². The van der Waals surface area contributed by atoms with Crippen molar-refractivity contribution in [2.75, 3.05) is 13.1 Å². The highest BCUT2D eigenvalue weighted by Gasteiger charge is 2.27. The Morgan fingerprint density at radius 2 is 2.10 bits per heavy atom. The van der Waals surface area contributed by atoms with Gasteiger partial charge in [-0.15, -0.1) is 12.4 Å². The number of piperidine rings is 1. The molecule has 1 saturated heterocycles. The minimum atomic E-state index is -0.421. The lowest BCUT2D eigenvalue weighted by molar-refractivity contribution is -0.123. The zero-order chi connectivity index (χ0) is 14.6. The van der Waals surface area contributed by atoms with E-state index in [1.54, 1.807) is 12.1 Å². The summed E-state index contributed by atoms with van der Waals surface area (Å²) in [5, 5.41) is 6.17. The van der Waals surface area contributed by atoms with Gasteiger partial charge in [-0.1, -0.05) is 38.5 Å². The van der Waals surface area contributed by atoms with E-state index in [1.165, 1.54) is 6.07 Å². The Balaban J connectivity index is 0.00000220. The Morgan fingerprint density at radius 1 is 1.38 bits per heavy atom. The lowest BCUT2D eigenvalue weighted by Crippen LogP contribution is -2.49. The van der Waals surface area contributed by atoms with Gasteiger partial charge in [0.05, 0.1) is 6.04 Å². The number of rotatable bonds is 4. The average molecular weight is 315 g/mol. The molecule has 1 aliphatic heterocycles. The van der Waals surface area contributed by atoms with Crippen LogP contribution in [0.25, 0.3) is 0 Å². The Labute approximate surface area is 132 Å². The fourth-order valence-corrected chi connectivity index (χ4v) is 2.61. The summed E-state index contributed by atoms with van der Waals surface area (Å²) in [6.45, 7) is 5.22. The van der Waals surface area contributed by atoms with Crippen LogP contribution in [0.4, 0.5) is 4.39 Å². The SMILES string of the molecule is CC(C)(CNC(=O)C1CCCCN1)c1ccccc1F.Cl. The third kappa shape index (κ3) is 4.68. The molecule has 0 aromatic heterocycles. The molecule has 2 N–H and O–H groups in total. The molecule has 1 aliphatic rings. The van der Waals surface area contributed by atoms with Crippen molar-refractivity contribution in [1.82, 2.24) is 10.6 Å². The van der Waals surface area contributed by atoms with E-state index in [1.807, 2.05) is 19.9 Å². The molecular weight excluding hydrogens is 291 g/mol. The minimum Gasteiger partial charge on any atom is -0.354 e. The minimum absolute atomic E-state index is 0. The summed E-state index contributed by atoms with van der Waals surface area (Å²) < 4.78 is 13.8. The van der Waals surface area contributed by atoms with Crippen LogP contribution in [0, 0.1) is 5.82 Å². The first-order chi connectivity index (χ1) is 9.50. The van der Waals surface area contributed by atoms with Crippen molar-refractivity contribution in [1.29, 1.82) is 0 Å². The van der Waals surface area contributed by atoms with Gasteiger partial charge in [0, 0.05) is 12.0 Å². The van der Waals surface area contributed by atoms with E-state index in [0.717, 1.165) is 25.8 Å². The van der Waals surface area contributed by atoms with Crippen molar-refractivity contribution in [3.63, 3.8) is 0 Å². The quantitative estimate of drug-likeness (QED) is 0.897. The molecule has 1 amide bonds. The molecule has 1 heterocycles. The molecule has 1 atom stereocenters. The van der Waals surface area contributed by atoms with Crippen LogP contribution in [0.15, 0.2) is 24.3 Å². The molecule has 0 radical (unpaired) electrons. The summed E-state index contributed by atoms with van der Waals surface area (Å²) in [6.07, 6.45) is 3.10. The van der Waals surface area contributed by atoms with Crippen molar-refractivity contribution < 1.29 is 9.18 Å². The van der Waals surface area contributed by atoms with Crippen molar-refractivity contribution >= 4 is 18.3 Å². The molecule has 21 heavy (non-hydrogen) atoms. The van der Waals surface area contributed by atoms with Gasteiger partial charge in [0.25, 0.3) is 0 Å². The van der Waals surface area contributed by atoms with E-state index in [2.05, 4.69) is 10.6 Å². The van der Waals surface area contributed by atoms with Crippen LogP contribution in [0.5, 0.6) is 0 Å². The number of hydrogen-bond acceptors (Lipinski definition) is 2. The maximum Gasteiger partial charge on any atom is 0.237 e. The van der Waals surface area contributed by atoms with Gasteiger partial charge in [0.15, 0.2) is 0 Å². The topological polar surface area (TPSA) is 41.1 Å². The lowest BCUT2D eigenvalue weighted by Gasteiger charge is -2.28. The predicted molar refractivity (Wildman–Crippen MR) is 85.3 cm³/mol. The molecule has 0 bridgehead atoms. The molecular formula is C16H24ClFN2O. The first-order valence-electron chi connectivity index (χ1n) is 7.27. The molecule has 2 rings (SSSR count). The zero-order valence-corrected chi connectivity index (χ0v) is 13.4. The number of nitrogens with one attached hydrogen (secondary N) is 2. The van der Waals surface area contributed by atoms with Crippen LogP contribution in [-0.2, 0) is 10.2 Å². The summed E-state index contributed by atoms with van der Waals surface area (Å²) in [7, 11) is 0. The Kier molecular flexibility index (Phi) is 6.62. The molecule has 1 aromatic carbocycles. The van der Waals surface area contributed by atoms with Crippen LogP contribution < -0.4 is 10.6 Å². The van der Waals surface area contributed by atoms with Crippen molar-refractivity contribution in [2.24, 2.45) is 0 Å². The van der Waals surface area contributed by atoms with Crippen molar-refractivity contribution in [3.8, 4) is 0 Å². The van der Waals surface area contributed by atoms with Crippen molar-refractivity contribution in [3.05, 3.63) is 35.6 Å². The van der Waals surface area contributed by atoms with E-state index in [-0.39, 0.29) is 30.2 Å². The maximum absolute atomic E-state index is 13.8.